The molecule has 1 saturated heterocycles. The largest absolute Gasteiger partial charge is 0.337 e. The number of rotatable bonds is 2. The molecule has 19 heavy (non-hydrogen) atoms. The summed E-state index contributed by atoms with van der Waals surface area (Å²) >= 11 is 0. The zero-order valence-electron chi connectivity index (χ0n) is 11.2. The molecular weight excluding hydrogens is 250 g/mol. The normalized spacial score (nSPS) is 19.8. The second-order valence-corrected chi connectivity index (χ2v) is 5.11. The second kappa shape index (κ2) is 5.65. The molecule has 1 heterocycles. The van der Waals surface area contributed by atoms with E-state index < -0.39 is 17.5 Å². The molecule has 0 N–H and O–H groups in total. The number of likely N-dealkylation sites (N-methyl/N-ethyl adjacent to an activating group) is 1. The van der Waals surface area contributed by atoms with Gasteiger partial charge in [-0.25, -0.2) is 8.78 Å². The first-order valence-electron chi connectivity index (χ1n) is 6.40. The fourth-order valence-corrected chi connectivity index (χ4v) is 2.40. The fraction of sp³-hybridized carbons (Fsp3) is 0.500. The fourth-order valence-electron chi connectivity index (χ4n) is 2.40. The molecule has 1 aromatic carbocycles. The molecule has 104 valence electrons. The molecule has 2 rings (SSSR count). The lowest BCUT2D eigenvalue weighted by atomic mass is 10.0. The van der Waals surface area contributed by atoms with Crippen molar-refractivity contribution in [3.63, 3.8) is 0 Å². The van der Waals surface area contributed by atoms with Crippen molar-refractivity contribution < 1.29 is 13.6 Å². The van der Waals surface area contributed by atoms with Gasteiger partial charge in [0.25, 0.3) is 5.91 Å². The highest BCUT2D eigenvalue weighted by atomic mass is 19.2. The molecule has 3 nitrogen and oxygen atoms in total. The minimum atomic E-state index is -1.06. The van der Waals surface area contributed by atoms with Gasteiger partial charge in [-0.05, 0) is 39.1 Å². The molecule has 1 aromatic rings. The van der Waals surface area contributed by atoms with Gasteiger partial charge in [-0.1, -0.05) is 6.07 Å². The minimum absolute atomic E-state index is 0.181. The summed E-state index contributed by atoms with van der Waals surface area (Å²) in [4.78, 5) is 15.9. The summed E-state index contributed by atoms with van der Waals surface area (Å²) in [6.45, 7) is 1.15. The van der Waals surface area contributed by atoms with E-state index in [0.717, 1.165) is 18.9 Å². The van der Waals surface area contributed by atoms with E-state index in [0.29, 0.717) is 13.1 Å². The highest BCUT2D eigenvalue weighted by Crippen LogP contribution is 2.19. The van der Waals surface area contributed by atoms with Crippen LogP contribution in [0.4, 0.5) is 8.78 Å². The molecule has 0 aromatic heterocycles. The smallest absolute Gasteiger partial charge is 0.256 e. The number of piperidine rings is 1. The van der Waals surface area contributed by atoms with Gasteiger partial charge >= 0.3 is 0 Å². The van der Waals surface area contributed by atoms with Crippen LogP contribution in [0.3, 0.4) is 0 Å². The number of halogens is 2. The molecule has 0 spiro atoms. The van der Waals surface area contributed by atoms with E-state index in [-0.39, 0.29) is 11.6 Å². The first kappa shape index (κ1) is 13.9. The Morgan fingerprint density at radius 3 is 2.79 bits per heavy atom. The number of hydrogen-bond acceptors (Lipinski definition) is 2. The lowest BCUT2D eigenvalue weighted by molar-refractivity contribution is 0.0629. The summed E-state index contributed by atoms with van der Waals surface area (Å²) in [5, 5.41) is 0. The summed E-state index contributed by atoms with van der Waals surface area (Å²) in [7, 11) is 3.92. The third kappa shape index (κ3) is 2.92. The SMILES string of the molecule is CN(C)C1CCCN(C(=O)c2cccc(F)c2F)C1. The molecule has 1 fully saturated rings. The van der Waals surface area contributed by atoms with Crippen LogP contribution in [0.1, 0.15) is 23.2 Å². The number of amides is 1. The molecule has 0 bridgehead atoms. The quantitative estimate of drug-likeness (QED) is 0.820. The lowest BCUT2D eigenvalue weighted by Gasteiger charge is -2.36. The Kier molecular flexibility index (Phi) is 4.14. The van der Waals surface area contributed by atoms with E-state index >= 15 is 0 Å². The molecule has 1 atom stereocenters. The maximum Gasteiger partial charge on any atom is 0.256 e. The van der Waals surface area contributed by atoms with E-state index in [1.807, 2.05) is 14.1 Å². The number of hydrogen-bond donors (Lipinski definition) is 0. The lowest BCUT2D eigenvalue weighted by Crippen LogP contribution is -2.47. The average Bonchev–Trinajstić information content (AvgIpc) is 2.41. The van der Waals surface area contributed by atoms with Crippen LogP contribution in [0.15, 0.2) is 18.2 Å². The van der Waals surface area contributed by atoms with Crippen LogP contribution in [-0.2, 0) is 0 Å². The summed E-state index contributed by atoms with van der Waals surface area (Å²) in [6.07, 6.45) is 1.90. The van der Waals surface area contributed by atoms with E-state index in [4.69, 9.17) is 0 Å². The third-order valence-corrected chi connectivity index (χ3v) is 3.60. The van der Waals surface area contributed by atoms with Crippen LogP contribution in [0.25, 0.3) is 0 Å². The van der Waals surface area contributed by atoms with Crippen molar-refractivity contribution in [3.8, 4) is 0 Å². The summed E-state index contributed by atoms with van der Waals surface area (Å²) < 4.78 is 26.8. The third-order valence-electron chi connectivity index (χ3n) is 3.60. The van der Waals surface area contributed by atoms with Gasteiger partial charge in [0.15, 0.2) is 11.6 Å². The Balaban J connectivity index is 2.17. The van der Waals surface area contributed by atoms with Crippen molar-refractivity contribution >= 4 is 5.91 Å². The van der Waals surface area contributed by atoms with Crippen LogP contribution in [0, 0.1) is 11.6 Å². The maximum atomic E-state index is 13.6. The van der Waals surface area contributed by atoms with Crippen molar-refractivity contribution in [2.45, 2.75) is 18.9 Å². The number of likely N-dealkylation sites (tertiary alicyclic amines) is 1. The Morgan fingerprint density at radius 1 is 1.37 bits per heavy atom. The summed E-state index contributed by atoms with van der Waals surface area (Å²) in [5.41, 5.74) is -0.181. The van der Waals surface area contributed by atoms with Crippen LogP contribution in [-0.4, -0.2) is 48.9 Å². The highest BCUT2D eigenvalue weighted by Gasteiger charge is 2.27. The van der Waals surface area contributed by atoms with E-state index in [1.54, 1.807) is 4.90 Å². The number of nitrogens with zero attached hydrogens (tertiary/aromatic N) is 2. The second-order valence-electron chi connectivity index (χ2n) is 5.11. The summed E-state index contributed by atoms with van der Waals surface area (Å²) in [5.74, 6) is -2.46. The van der Waals surface area contributed by atoms with Gasteiger partial charge in [0.1, 0.15) is 0 Å². The Hall–Kier alpha value is -1.49. The Morgan fingerprint density at radius 2 is 2.11 bits per heavy atom. The predicted octanol–water partition coefficient (Wildman–Crippen LogP) is 2.13. The topological polar surface area (TPSA) is 23.6 Å². The van der Waals surface area contributed by atoms with Crippen molar-refractivity contribution in [1.82, 2.24) is 9.80 Å². The summed E-state index contributed by atoms with van der Waals surface area (Å²) in [6, 6.07) is 3.98. The Labute approximate surface area is 111 Å². The highest BCUT2D eigenvalue weighted by molar-refractivity contribution is 5.94. The Bertz CT molecular complexity index is 477. The average molecular weight is 268 g/mol. The van der Waals surface area contributed by atoms with Crippen LogP contribution in [0.5, 0.6) is 0 Å². The molecular formula is C14H18F2N2O. The molecule has 0 saturated carbocycles. The van der Waals surface area contributed by atoms with Crippen molar-refractivity contribution in [2.75, 3.05) is 27.2 Å². The zero-order valence-corrected chi connectivity index (χ0v) is 11.2. The van der Waals surface area contributed by atoms with Crippen LogP contribution in [0.2, 0.25) is 0 Å². The van der Waals surface area contributed by atoms with Crippen molar-refractivity contribution in [2.24, 2.45) is 0 Å². The number of benzene rings is 1. The molecule has 1 aliphatic rings. The molecule has 0 aliphatic carbocycles. The van der Waals surface area contributed by atoms with Gasteiger partial charge in [0, 0.05) is 19.1 Å². The monoisotopic (exact) mass is 268 g/mol. The van der Waals surface area contributed by atoms with Crippen LogP contribution < -0.4 is 0 Å². The van der Waals surface area contributed by atoms with E-state index in [1.165, 1.54) is 12.1 Å². The molecule has 1 amide bonds. The van der Waals surface area contributed by atoms with E-state index in [9.17, 15) is 13.6 Å². The first-order valence-corrected chi connectivity index (χ1v) is 6.40. The van der Waals surface area contributed by atoms with Gasteiger partial charge in [-0.15, -0.1) is 0 Å². The zero-order chi connectivity index (χ0) is 14.0. The van der Waals surface area contributed by atoms with Gasteiger partial charge in [-0.3, -0.25) is 4.79 Å². The molecule has 1 aliphatic heterocycles. The van der Waals surface area contributed by atoms with Crippen molar-refractivity contribution in [3.05, 3.63) is 35.4 Å². The van der Waals surface area contributed by atoms with Crippen LogP contribution >= 0.6 is 0 Å². The van der Waals surface area contributed by atoms with Gasteiger partial charge in [0.05, 0.1) is 5.56 Å². The minimum Gasteiger partial charge on any atom is -0.337 e. The van der Waals surface area contributed by atoms with Gasteiger partial charge in [-0.2, -0.15) is 0 Å². The number of carbonyl (C=O) groups is 1. The number of carbonyl (C=O) groups excluding carboxylic acids is 1. The standard InChI is InChI=1S/C14H18F2N2O/c1-17(2)10-5-4-8-18(9-10)14(19)11-6-3-7-12(15)13(11)16/h3,6-7,10H,4-5,8-9H2,1-2H3. The van der Waals surface area contributed by atoms with E-state index in [2.05, 4.69) is 4.90 Å². The van der Waals surface area contributed by atoms with Crippen molar-refractivity contribution in [1.29, 1.82) is 0 Å². The van der Waals surface area contributed by atoms with Gasteiger partial charge in [0.2, 0.25) is 0 Å². The maximum absolute atomic E-state index is 13.6. The predicted molar refractivity (Wildman–Crippen MR) is 69.0 cm³/mol. The van der Waals surface area contributed by atoms with Gasteiger partial charge < -0.3 is 9.80 Å². The first-order chi connectivity index (χ1) is 9.00. The molecule has 5 heteroatoms. The molecule has 1 unspecified atom stereocenters. The molecule has 0 radical (unpaired) electrons.